The zero-order valence-corrected chi connectivity index (χ0v) is 35.9. The van der Waals surface area contributed by atoms with Gasteiger partial charge in [0.2, 0.25) is 5.95 Å². The summed E-state index contributed by atoms with van der Waals surface area (Å²) in [5.41, 5.74) is 8.86. The van der Waals surface area contributed by atoms with E-state index in [4.69, 9.17) is 19.4 Å². The van der Waals surface area contributed by atoms with Crippen LogP contribution in [0.3, 0.4) is 0 Å². The predicted octanol–water partition coefficient (Wildman–Crippen LogP) is 15.9. The summed E-state index contributed by atoms with van der Waals surface area (Å²) in [6, 6.07) is 75.7. The monoisotopic (exact) mass is 853 g/mol. The Morgan fingerprint density at radius 2 is 0.791 bits per heavy atom. The first-order chi connectivity index (χ1) is 33.2. The summed E-state index contributed by atoms with van der Waals surface area (Å²) in [6.07, 6.45) is 0. The molecule has 4 aromatic heterocycles. The quantitative estimate of drug-likeness (QED) is 0.177. The third kappa shape index (κ3) is 5.35. The second-order valence-corrected chi connectivity index (χ2v) is 17.6. The van der Waals surface area contributed by atoms with Crippen LogP contribution in [0.25, 0.3) is 143 Å². The molecule has 0 atom stereocenters. The molecule has 310 valence electrons. The fraction of sp³-hybridized carbons (Fsp3) is 0. The Labute approximate surface area is 382 Å². The molecule has 0 aliphatic carbocycles. The van der Waals surface area contributed by atoms with Gasteiger partial charge < -0.3 is 8.98 Å². The van der Waals surface area contributed by atoms with Gasteiger partial charge in [0.25, 0.3) is 0 Å². The molecule has 0 amide bonds. The van der Waals surface area contributed by atoms with Gasteiger partial charge in [-0.3, -0.25) is 4.57 Å². The van der Waals surface area contributed by atoms with Crippen LogP contribution in [0, 0.1) is 0 Å². The molecule has 0 radical (unpaired) electrons. The SMILES string of the molecule is c1ccc2cc(-c3nc(-c4ccc5oc6cc(-n7c8cc9ccccc9cc8c8cc9ccccc9cc87)c7ccccc7c6c5c4)nc(-n4c5ccccc5c5ccccc54)n3)ccc2c1. The van der Waals surface area contributed by atoms with Crippen LogP contribution in [0.15, 0.2) is 217 Å². The van der Waals surface area contributed by atoms with Crippen molar-refractivity contribution >= 4 is 109 Å². The number of furan rings is 1. The van der Waals surface area contributed by atoms with Gasteiger partial charge in [0.15, 0.2) is 11.6 Å². The van der Waals surface area contributed by atoms with Crippen LogP contribution < -0.4 is 0 Å². The van der Waals surface area contributed by atoms with Gasteiger partial charge >= 0.3 is 0 Å². The Balaban J connectivity index is 0.977. The van der Waals surface area contributed by atoms with Crippen molar-refractivity contribution in [3.05, 3.63) is 212 Å². The molecule has 0 saturated heterocycles. The van der Waals surface area contributed by atoms with Gasteiger partial charge in [-0.25, -0.2) is 4.98 Å². The number of rotatable bonds is 4. The number of aromatic nitrogens is 5. The number of benzene rings is 11. The second kappa shape index (κ2) is 13.7. The summed E-state index contributed by atoms with van der Waals surface area (Å²) in [5, 5.41) is 16.2. The Hall–Kier alpha value is -9.13. The van der Waals surface area contributed by atoms with Crippen LogP contribution >= 0.6 is 0 Å². The highest BCUT2D eigenvalue weighted by Crippen LogP contribution is 2.44. The summed E-state index contributed by atoms with van der Waals surface area (Å²) in [6.45, 7) is 0. The smallest absolute Gasteiger partial charge is 0.238 e. The maximum atomic E-state index is 6.90. The van der Waals surface area contributed by atoms with E-state index in [0.717, 1.165) is 93.1 Å². The molecule has 11 aromatic carbocycles. The Bertz CT molecular complexity index is 4450. The lowest BCUT2D eigenvalue weighted by atomic mass is 10.0. The molecule has 15 rings (SSSR count). The first-order valence-electron chi connectivity index (χ1n) is 22.7. The van der Waals surface area contributed by atoms with Gasteiger partial charge in [0, 0.05) is 54.9 Å². The number of hydrogen-bond acceptors (Lipinski definition) is 4. The molecule has 0 unspecified atom stereocenters. The van der Waals surface area contributed by atoms with Crippen molar-refractivity contribution in [2.45, 2.75) is 0 Å². The molecule has 0 aliphatic rings. The van der Waals surface area contributed by atoms with Gasteiger partial charge in [0.1, 0.15) is 11.2 Å². The molecule has 0 fully saturated rings. The minimum absolute atomic E-state index is 0.560. The van der Waals surface area contributed by atoms with Crippen molar-refractivity contribution in [2.75, 3.05) is 0 Å². The van der Waals surface area contributed by atoms with Gasteiger partial charge in [-0.15, -0.1) is 0 Å². The average molecular weight is 854 g/mol. The molecule has 6 nitrogen and oxygen atoms in total. The van der Waals surface area contributed by atoms with Gasteiger partial charge in [-0.05, 0) is 98.4 Å². The van der Waals surface area contributed by atoms with E-state index in [0.29, 0.717) is 17.6 Å². The van der Waals surface area contributed by atoms with Crippen LogP contribution in [-0.2, 0) is 0 Å². The highest BCUT2D eigenvalue weighted by Gasteiger charge is 2.22. The summed E-state index contributed by atoms with van der Waals surface area (Å²) < 4.78 is 11.5. The number of nitrogens with zero attached hydrogens (tertiary/aromatic N) is 5. The zero-order chi connectivity index (χ0) is 43.7. The fourth-order valence-electron chi connectivity index (χ4n) is 10.8. The lowest BCUT2D eigenvalue weighted by molar-refractivity contribution is 0.669. The molecule has 0 N–H and O–H groups in total. The van der Waals surface area contributed by atoms with Gasteiger partial charge in [-0.2, -0.15) is 9.97 Å². The molecule has 15 aromatic rings. The summed E-state index contributed by atoms with van der Waals surface area (Å²) in [7, 11) is 0. The van der Waals surface area contributed by atoms with E-state index in [1.807, 2.05) is 0 Å². The minimum atomic E-state index is 0.560. The number of fused-ring (bicyclic) bond motifs is 14. The lowest BCUT2D eigenvalue weighted by Gasteiger charge is -2.13. The van der Waals surface area contributed by atoms with Crippen molar-refractivity contribution in [1.29, 1.82) is 0 Å². The second-order valence-electron chi connectivity index (χ2n) is 17.6. The van der Waals surface area contributed by atoms with Gasteiger partial charge in [-0.1, -0.05) is 146 Å². The largest absolute Gasteiger partial charge is 0.456 e. The van der Waals surface area contributed by atoms with Crippen LogP contribution in [0.4, 0.5) is 0 Å². The number of hydrogen-bond donors (Lipinski definition) is 0. The van der Waals surface area contributed by atoms with Crippen molar-refractivity contribution in [3.8, 4) is 34.4 Å². The summed E-state index contributed by atoms with van der Waals surface area (Å²) in [5.74, 6) is 1.74. The van der Waals surface area contributed by atoms with E-state index in [-0.39, 0.29) is 0 Å². The van der Waals surface area contributed by atoms with Crippen LogP contribution in [0.5, 0.6) is 0 Å². The van der Waals surface area contributed by atoms with E-state index in [9.17, 15) is 0 Å². The Morgan fingerprint density at radius 3 is 1.42 bits per heavy atom. The third-order valence-electron chi connectivity index (χ3n) is 13.9. The maximum absolute atomic E-state index is 6.90. The fourth-order valence-corrected chi connectivity index (χ4v) is 10.8. The van der Waals surface area contributed by atoms with E-state index in [1.54, 1.807) is 0 Å². The molecule has 0 spiro atoms. The first-order valence-corrected chi connectivity index (χ1v) is 22.7. The lowest BCUT2D eigenvalue weighted by Crippen LogP contribution is -2.06. The van der Waals surface area contributed by atoms with Crippen molar-refractivity contribution in [3.63, 3.8) is 0 Å². The Morgan fingerprint density at radius 1 is 0.299 bits per heavy atom. The highest BCUT2D eigenvalue weighted by molar-refractivity contribution is 6.23. The zero-order valence-electron chi connectivity index (χ0n) is 35.9. The molecule has 67 heavy (non-hydrogen) atoms. The standard InChI is InChI=1S/C61H35N5O/c1-2-14-37-29-42(26-25-36(37)13-1)59-62-60(64-61(63-59)66-51-23-11-9-19-44(51)45-20-10-12-24-52(45)66)43-27-28-56-50(32-43)58-47-22-8-7-21-46(47)55(35-57(58)67-56)65-53-33-40-17-5-3-15-38(40)30-48(53)49-31-39-16-4-6-18-41(39)34-54(49)65/h1-35H. The van der Waals surface area contributed by atoms with Crippen LogP contribution in [-0.4, -0.2) is 24.1 Å². The molecule has 0 saturated carbocycles. The molecule has 6 heteroatoms. The third-order valence-corrected chi connectivity index (χ3v) is 13.9. The summed E-state index contributed by atoms with van der Waals surface area (Å²) in [4.78, 5) is 15.8. The first kappa shape index (κ1) is 36.2. The van der Waals surface area contributed by atoms with E-state index < -0.39 is 0 Å². The molecule has 0 bridgehead atoms. The van der Waals surface area contributed by atoms with Crippen LogP contribution in [0.2, 0.25) is 0 Å². The number of para-hydroxylation sites is 2. The minimum Gasteiger partial charge on any atom is -0.456 e. The molecular formula is C61H35N5O. The van der Waals surface area contributed by atoms with E-state index in [2.05, 4.69) is 221 Å². The average Bonchev–Trinajstić information content (AvgIpc) is 4.03. The van der Waals surface area contributed by atoms with Gasteiger partial charge in [0.05, 0.1) is 27.8 Å². The van der Waals surface area contributed by atoms with Crippen molar-refractivity contribution < 1.29 is 4.42 Å². The Kier molecular flexibility index (Phi) is 7.40. The van der Waals surface area contributed by atoms with E-state index in [1.165, 1.54) is 32.3 Å². The van der Waals surface area contributed by atoms with Crippen LogP contribution in [0.1, 0.15) is 0 Å². The normalized spacial score (nSPS) is 12.2. The highest BCUT2D eigenvalue weighted by atomic mass is 16.3. The van der Waals surface area contributed by atoms with E-state index >= 15 is 0 Å². The molecular weight excluding hydrogens is 819 g/mol. The van der Waals surface area contributed by atoms with Crippen molar-refractivity contribution in [1.82, 2.24) is 24.1 Å². The topological polar surface area (TPSA) is 61.7 Å². The molecule has 0 aliphatic heterocycles. The summed E-state index contributed by atoms with van der Waals surface area (Å²) >= 11 is 0. The molecule has 4 heterocycles. The van der Waals surface area contributed by atoms with Crippen molar-refractivity contribution in [2.24, 2.45) is 0 Å². The predicted molar refractivity (Wildman–Crippen MR) is 277 cm³/mol. The maximum Gasteiger partial charge on any atom is 0.238 e.